The molecule has 0 radical (unpaired) electrons. The summed E-state index contributed by atoms with van der Waals surface area (Å²) in [4.78, 5) is 4.10. The van der Waals surface area contributed by atoms with Gasteiger partial charge in [0.1, 0.15) is 0 Å². The maximum absolute atomic E-state index is 13.3. The van der Waals surface area contributed by atoms with E-state index in [1.807, 2.05) is 0 Å². The second-order valence-electron chi connectivity index (χ2n) is 4.89. The van der Waals surface area contributed by atoms with Crippen molar-refractivity contribution in [2.45, 2.75) is 12.6 Å². The van der Waals surface area contributed by atoms with Crippen molar-refractivity contribution in [2.24, 2.45) is 0 Å². The van der Waals surface area contributed by atoms with Crippen LogP contribution in [0.25, 0.3) is 16.9 Å². The topological polar surface area (TPSA) is 30.2 Å². The summed E-state index contributed by atoms with van der Waals surface area (Å²) in [6.07, 6.45) is -0.982. The summed E-state index contributed by atoms with van der Waals surface area (Å²) in [5, 5.41) is 3.62. The molecule has 24 heavy (non-hydrogen) atoms. The summed E-state index contributed by atoms with van der Waals surface area (Å²) in [7, 11) is 0. The van der Waals surface area contributed by atoms with Gasteiger partial charge in [0, 0.05) is 11.1 Å². The van der Waals surface area contributed by atoms with Gasteiger partial charge in [0.25, 0.3) is 6.43 Å². The molecule has 0 saturated carbocycles. The Balaban J connectivity index is 2.23. The third-order valence-electron chi connectivity index (χ3n) is 3.38. The molecular weight excluding hydrogens is 329 g/mol. The molecule has 0 bridgehead atoms. The van der Waals surface area contributed by atoms with E-state index in [1.165, 1.54) is 12.1 Å². The molecule has 0 aliphatic rings. The van der Waals surface area contributed by atoms with Crippen LogP contribution in [0.3, 0.4) is 0 Å². The highest BCUT2D eigenvalue weighted by atomic mass is 19.4. The molecule has 122 valence electrons. The van der Waals surface area contributed by atoms with E-state index in [0.29, 0.717) is 4.52 Å². The van der Waals surface area contributed by atoms with E-state index in [9.17, 15) is 22.0 Å². The van der Waals surface area contributed by atoms with Crippen molar-refractivity contribution < 1.29 is 22.0 Å². The number of aromatic nitrogens is 3. The average molecular weight is 337 g/mol. The van der Waals surface area contributed by atoms with Gasteiger partial charge >= 0.3 is 6.18 Å². The molecule has 0 amide bonds. The van der Waals surface area contributed by atoms with Crippen LogP contribution in [0.15, 0.2) is 36.5 Å². The van der Waals surface area contributed by atoms with Crippen molar-refractivity contribution in [1.29, 1.82) is 0 Å². The summed E-state index contributed by atoms with van der Waals surface area (Å²) in [6, 6.07) is 5.64. The number of nitrogens with zero attached hydrogens (tertiary/aromatic N) is 3. The Kier molecular flexibility index (Phi) is 3.72. The normalized spacial score (nSPS) is 11.9. The molecule has 2 aromatic heterocycles. The van der Waals surface area contributed by atoms with Gasteiger partial charge in [-0.1, -0.05) is 30.2 Å². The SMILES string of the molecule is C#Cc1cnn2c(C(F)(F)F)cc(-c3ccc(C(F)F)cc3)nc12. The molecule has 3 rings (SSSR count). The Morgan fingerprint density at radius 2 is 1.79 bits per heavy atom. The standard InChI is InChI=1S/C16H8F5N3/c1-2-9-8-22-24-13(16(19,20)21)7-12(23-15(9)24)10-3-5-11(6-4-10)14(17)18/h1,3-8,14H. The zero-order valence-electron chi connectivity index (χ0n) is 11.9. The Bertz CT molecular complexity index is 933. The summed E-state index contributed by atoms with van der Waals surface area (Å²) in [6.45, 7) is 0. The van der Waals surface area contributed by atoms with Gasteiger partial charge in [-0.05, 0) is 6.07 Å². The Morgan fingerprint density at radius 1 is 1.12 bits per heavy atom. The molecule has 0 aliphatic carbocycles. The molecule has 1 aromatic carbocycles. The fraction of sp³-hybridized carbons (Fsp3) is 0.125. The minimum absolute atomic E-state index is 0.0346. The van der Waals surface area contributed by atoms with E-state index in [0.717, 1.165) is 24.4 Å². The Hall–Kier alpha value is -2.95. The molecule has 3 aromatic rings. The number of fused-ring (bicyclic) bond motifs is 1. The van der Waals surface area contributed by atoms with Crippen LogP contribution >= 0.6 is 0 Å². The minimum atomic E-state index is -4.68. The minimum Gasteiger partial charge on any atom is -0.227 e. The van der Waals surface area contributed by atoms with Gasteiger partial charge in [-0.2, -0.15) is 18.3 Å². The first-order chi connectivity index (χ1) is 11.3. The van der Waals surface area contributed by atoms with E-state index in [4.69, 9.17) is 6.42 Å². The van der Waals surface area contributed by atoms with Crippen molar-refractivity contribution >= 4 is 5.65 Å². The van der Waals surface area contributed by atoms with Crippen LogP contribution in [0.4, 0.5) is 22.0 Å². The number of rotatable bonds is 2. The first kappa shape index (κ1) is 15.9. The molecule has 2 heterocycles. The van der Waals surface area contributed by atoms with E-state index < -0.39 is 18.3 Å². The van der Waals surface area contributed by atoms with Crippen LogP contribution < -0.4 is 0 Å². The number of halogens is 5. The Morgan fingerprint density at radius 3 is 2.33 bits per heavy atom. The molecule has 8 heteroatoms. The number of hydrogen-bond acceptors (Lipinski definition) is 2. The molecule has 0 saturated heterocycles. The van der Waals surface area contributed by atoms with Gasteiger partial charge in [0.2, 0.25) is 0 Å². The maximum atomic E-state index is 13.3. The summed E-state index contributed by atoms with van der Waals surface area (Å²) < 4.78 is 65.6. The zero-order chi connectivity index (χ0) is 17.5. The largest absolute Gasteiger partial charge is 0.433 e. The van der Waals surface area contributed by atoms with Crippen LogP contribution in [-0.4, -0.2) is 14.6 Å². The maximum Gasteiger partial charge on any atom is 0.433 e. The van der Waals surface area contributed by atoms with Crippen molar-refractivity contribution in [2.75, 3.05) is 0 Å². The highest BCUT2D eigenvalue weighted by Gasteiger charge is 2.35. The van der Waals surface area contributed by atoms with E-state index in [-0.39, 0.29) is 28.0 Å². The smallest absolute Gasteiger partial charge is 0.227 e. The molecule has 3 nitrogen and oxygen atoms in total. The van der Waals surface area contributed by atoms with Gasteiger partial charge in [-0.3, -0.25) is 0 Å². The van der Waals surface area contributed by atoms with Crippen LogP contribution in [0.5, 0.6) is 0 Å². The lowest BCUT2D eigenvalue weighted by Gasteiger charge is -2.11. The third-order valence-corrected chi connectivity index (χ3v) is 3.38. The van der Waals surface area contributed by atoms with Gasteiger partial charge in [-0.15, -0.1) is 6.42 Å². The second-order valence-corrected chi connectivity index (χ2v) is 4.89. The predicted octanol–water partition coefficient (Wildman–Crippen LogP) is 4.33. The highest BCUT2D eigenvalue weighted by Crippen LogP contribution is 2.33. The van der Waals surface area contributed by atoms with Crippen LogP contribution in [0.2, 0.25) is 0 Å². The van der Waals surface area contributed by atoms with Crippen LogP contribution in [0.1, 0.15) is 23.2 Å². The summed E-state index contributed by atoms with van der Waals surface area (Å²) >= 11 is 0. The summed E-state index contributed by atoms with van der Waals surface area (Å²) in [5.74, 6) is 2.22. The number of alkyl halides is 5. The highest BCUT2D eigenvalue weighted by molar-refractivity contribution is 5.66. The molecule has 0 aliphatic heterocycles. The lowest BCUT2D eigenvalue weighted by atomic mass is 10.1. The molecular formula is C16H8F5N3. The number of benzene rings is 1. The lowest BCUT2D eigenvalue weighted by molar-refractivity contribution is -0.142. The fourth-order valence-electron chi connectivity index (χ4n) is 2.21. The molecule has 0 atom stereocenters. The van der Waals surface area contributed by atoms with Crippen molar-refractivity contribution in [3.8, 4) is 23.6 Å². The molecule has 0 N–H and O–H groups in total. The van der Waals surface area contributed by atoms with Crippen LogP contribution in [-0.2, 0) is 6.18 Å². The lowest BCUT2D eigenvalue weighted by Crippen LogP contribution is -2.13. The van der Waals surface area contributed by atoms with E-state index in [1.54, 1.807) is 0 Å². The van der Waals surface area contributed by atoms with Gasteiger partial charge in [0.05, 0.1) is 17.5 Å². The van der Waals surface area contributed by atoms with E-state index in [2.05, 4.69) is 16.0 Å². The second kappa shape index (κ2) is 5.60. The predicted molar refractivity (Wildman–Crippen MR) is 76.3 cm³/mol. The van der Waals surface area contributed by atoms with Crippen molar-refractivity contribution in [1.82, 2.24) is 14.6 Å². The quantitative estimate of drug-likeness (QED) is 0.515. The number of hydrogen-bond donors (Lipinski definition) is 0. The summed E-state index contributed by atoms with van der Waals surface area (Å²) in [5.41, 5.74) is -1.08. The third kappa shape index (κ3) is 2.69. The number of terminal acetylenes is 1. The molecule has 0 fully saturated rings. The molecule has 0 unspecified atom stereocenters. The fourth-order valence-corrected chi connectivity index (χ4v) is 2.21. The zero-order valence-corrected chi connectivity index (χ0v) is 11.9. The first-order valence-corrected chi connectivity index (χ1v) is 6.62. The first-order valence-electron chi connectivity index (χ1n) is 6.62. The van der Waals surface area contributed by atoms with Crippen molar-refractivity contribution in [3.05, 3.63) is 53.3 Å². The van der Waals surface area contributed by atoms with Crippen molar-refractivity contribution in [3.63, 3.8) is 0 Å². The van der Waals surface area contributed by atoms with Gasteiger partial charge in [0.15, 0.2) is 11.3 Å². The Labute approximate surface area is 132 Å². The van der Waals surface area contributed by atoms with Gasteiger partial charge in [-0.25, -0.2) is 18.3 Å². The monoisotopic (exact) mass is 337 g/mol. The van der Waals surface area contributed by atoms with E-state index >= 15 is 0 Å². The van der Waals surface area contributed by atoms with Gasteiger partial charge < -0.3 is 0 Å². The van der Waals surface area contributed by atoms with Crippen LogP contribution in [0, 0.1) is 12.3 Å². The average Bonchev–Trinajstić information content (AvgIpc) is 2.96. The molecule has 0 spiro atoms.